The summed E-state index contributed by atoms with van der Waals surface area (Å²) in [5.74, 6) is 0.390. The Hall–Kier alpha value is -2.08. The van der Waals surface area contributed by atoms with Crippen molar-refractivity contribution in [3.63, 3.8) is 0 Å². The Morgan fingerprint density at radius 2 is 2.10 bits per heavy atom. The molecule has 1 heterocycles. The Labute approximate surface area is 131 Å². The number of carbonyl (C=O) groups excluding carboxylic acids is 1. The molecule has 0 saturated carbocycles. The maximum absolute atomic E-state index is 12.2. The number of halogens is 1. The molecular formula is C15H16BrN3O2. The number of hydrogen-bond donors (Lipinski definition) is 2. The Balaban J connectivity index is 2.16. The zero-order valence-corrected chi connectivity index (χ0v) is 13.4. The summed E-state index contributed by atoms with van der Waals surface area (Å²) in [4.78, 5) is 16.3. The average Bonchev–Trinajstić information content (AvgIpc) is 2.50. The number of nitrogens with zero attached hydrogens (tertiary/aromatic N) is 1. The lowest BCUT2D eigenvalue weighted by molar-refractivity contribution is 0.102. The van der Waals surface area contributed by atoms with Gasteiger partial charge in [-0.05, 0) is 47.1 Å². The minimum atomic E-state index is -0.265. The number of benzene rings is 1. The van der Waals surface area contributed by atoms with Crippen LogP contribution in [0.4, 0.5) is 11.4 Å². The summed E-state index contributed by atoms with van der Waals surface area (Å²) >= 11 is 3.37. The highest BCUT2D eigenvalue weighted by Gasteiger charge is 2.10. The minimum Gasteiger partial charge on any atom is -0.495 e. The predicted molar refractivity (Wildman–Crippen MR) is 87.0 cm³/mol. The maximum atomic E-state index is 12.2. The first-order chi connectivity index (χ1) is 10.1. The van der Waals surface area contributed by atoms with Crippen molar-refractivity contribution in [3.8, 4) is 5.75 Å². The molecule has 2 rings (SSSR count). The van der Waals surface area contributed by atoms with E-state index in [0.717, 1.165) is 16.7 Å². The summed E-state index contributed by atoms with van der Waals surface area (Å²) < 4.78 is 6.03. The van der Waals surface area contributed by atoms with Crippen molar-refractivity contribution in [2.75, 3.05) is 24.3 Å². The monoisotopic (exact) mass is 349 g/mol. The van der Waals surface area contributed by atoms with Crippen LogP contribution in [0.1, 0.15) is 17.4 Å². The van der Waals surface area contributed by atoms with Crippen LogP contribution in [0.2, 0.25) is 0 Å². The van der Waals surface area contributed by atoms with Crippen LogP contribution in [0.5, 0.6) is 5.75 Å². The van der Waals surface area contributed by atoms with Gasteiger partial charge in [0, 0.05) is 30.2 Å². The van der Waals surface area contributed by atoms with Gasteiger partial charge < -0.3 is 15.4 Å². The summed E-state index contributed by atoms with van der Waals surface area (Å²) in [6, 6.07) is 8.89. The number of ether oxygens (including phenoxy) is 1. The molecule has 1 aromatic heterocycles. The van der Waals surface area contributed by atoms with Crippen LogP contribution < -0.4 is 15.4 Å². The third-order valence-corrected chi connectivity index (χ3v) is 3.44. The molecule has 0 unspecified atom stereocenters. The normalized spacial score (nSPS) is 10.0. The summed E-state index contributed by atoms with van der Waals surface area (Å²) in [5, 5.41) is 5.95. The first-order valence-corrected chi connectivity index (χ1v) is 7.28. The Morgan fingerprint density at radius 3 is 2.81 bits per heavy atom. The van der Waals surface area contributed by atoms with Crippen LogP contribution >= 0.6 is 15.9 Å². The molecule has 5 nitrogen and oxygen atoms in total. The van der Waals surface area contributed by atoms with Gasteiger partial charge in [-0.1, -0.05) is 0 Å². The fourth-order valence-corrected chi connectivity index (χ4v) is 2.21. The predicted octanol–water partition coefficient (Wildman–Crippen LogP) is 3.54. The van der Waals surface area contributed by atoms with Crippen molar-refractivity contribution in [2.45, 2.75) is 6.92 Å². The van der Waals surface area contributed by atoms with Crippen molar-refractivity contribution >= 4 is 33.2 Å². The van der Waals surface area contributed by atoms with E-state index >= 15 is 0 Å². The smallest absolute Gasteiger partial charge is 0.274 e. The van der Waals surface area contributed by atoms with Crippen molar-refractivity contribution in [2.24, 2.45) is 0 Å². The summed E-state index contributed by atoms with van der Waals surface area (Å²) in [7, 11) is 1.58. The molecule has 2 aromatic rings. The van der Waals surface area contributed by atoms with E-state index in [1.165, 1.54) is 0 Å². The largest absolute Gasteiger partial charge is 0.495 e. The van der Waals surface area contributed by atoms with Crippen LogP contribution in [0.25, 0.3) is 0 Å². The molecule has 0 aliphatic carbocycles. The molecule has 0 atom stereocenters. The lowest BCUT2D eigenvalue weighted by Crippen LogP contribution is -2.14. The van der Waals surface area contributed by atoms with E-state index in [0.29, 0.717) is 17.1 Å². The third-order valence-electron chi connectivity index (χ3n) is 2.78. The molecule has 1 aromatic carbocycles. The number of carbonyl (C=O) groups is 1. The molecule has 0 saturated heterocycles. The van der Waals surface area contributed by atoms with Crippen LogP contribution in [-0.2, 0) is 0 Å². The average molecular weight is 350 g/mol. The molecule has 2 N–H and O–H groups in total. The fourth-order valence-electron chi connectivity index (χ4n) is 1.80. The molecule has 1 amide bonds. The standard InChI is InChI=1S/C15H16BrN3O2/c1-3-17-10-6-7-18-13(8-10)15(20)19-11-4-5-12(16)14(9-11)21-2/h4-9H,3H2,1-2H3,(H,17,18)(H,19,20). The van der Waals surface area contributed by atoms with Crippen molar-refractivity contribution in [3.05, 3.63) is 46.7 Å². The SMILES string of the molecule is CCNc1ccnc(C(=O)Nc2ccc(Br)c(OC)c2)c1. The molecule has 0 aliphatic rings. The molecule has 0 fully saturated rings. The van der Waals surface area contributed by atoms with Gasteiger partial charge in [0.1, 0.15) is 11.4 Å². The zero-order valence-electron chi connectivity index (χ0n) is 11.8. The van der Waals surface area contributed by atoms with E-state index in [-0.39, 0.29) is 5.91 Å². The maximum Gasteiger partial charge on any atom is 0.274 e. The number of pyridine rings is 1. The third kappa shape index (κ3) is 3.95. The van der Waals surface area contributed by atoms with Gasteiger partial charge in [0.15, 0.2) is 0 Å². The number of rotatable bonds is 5. The number of aromatic nitrogens is 1. The number of anilines is 2. The van der Waals surface area contributed by atoms with Gasteiger partial charge in [-0.3, -0.25) is 9.78 Å². The second kappa shape index (κ2) is 7.08. The van der Waals surface area contributed by atoms with Crippen molar-refractivity contribution in [1.29, 1.82) is 0 Å². The molecule has 0 spiro atoms. The van der Waals surface area contributed by atoms with E-state index in [4.69, 9.17) is 4.74 Å². The van der Waals surface area contributed by atoms with E-state index in [1.807, 2.05) is 19.1 Å². The zero-order chi connectivity index (χ0) is 15.2. The topological polar surface area (TPSA) is 63.2 Å². The summed E-state index contributed by atoms with van der Waals surface area (Å²) in [5.41, 5.74) is 1.87. The van der Waals surface area contributed by atoms with E-state index in [1.54, 1.807) is 31.5 Å². The number of methoxy groups -OCH3 is 1. The lowest BCUT2D eigenvalue weighted by atomic mass is 10.2. The molecule has 0 aliphatic heterocycles. The lowest BCUT2D eigenvalue weighted by Gasteiger charge is -2.09. The first-order valence-electron chi connectivity index (χ1n) is 6.49. The van der Waals surface area contributed by atoms with Gasteiger partial charge in [0.05, 0.1) is 11.6 Å². The number of amides is 1. The van der Waals surface area contributed by atoms with Gasteiger partial charge >= 0.3 is 0 Å². The van der Waals surface area contributed by atoms with Crippen LogP contribution in [0.15, 0.2) is 41.0 Å². The Morgan fingerprint density at radius 1 is 1.29 bits per heavy atom. The first kappa shape index (κ1) is 15.3. The van der Waals surface area contributed by atoms with E-state index < -0.39 is 0 Å². The molecule has 110 valence electrons. The minimum absolute atomic E-state index is 0.265. The van der Waals surface area contributed by atoms with Crippen molar-refractivity contribution in [1.82, 2.24) is 4.98 Å². The van der Waals surface area contributed by atoms with Crippen LogP contribution in [0.3, 0.4) is 0 Å². The molecule has 6 heteroatoms. The summed E-state index contributed by atoms with van der Waals surface area (Å²) in [6.07, 6.45) is 1.61. The second-order valence-corrected chi connectivity index (χ2v) is 5.12. The quantitative estimate of drug-likeness (QED) is 0.866. The highest BCUT2D eigenvalue weighted by Crippen LogP contribution is 2.28. The second-order valence-electron chi connectivity index (χ2n) is 4.26. The Kier molecular flexibility index (Phi) is 5.16. The van der Waals surface area contributed by atoms with Crippen LogP contribution in [0, 0.1) is 0 Å². The van der Waals surface area contributed by atoms with Crippen molar-refractivity contribution < 1.29 is 9.53 Å². The molecule has 0 radical (unpaired) electrons. The van der Waals surface area contributed by atoms with E-state index in [9.17, 15) is 4.79 Å². The molecule has 21 heavy (non-hydrogen) atoms. The fraction of sp³-hybridized carbons (Fsp3) is 0.200. The molecule has 0 bridgehead atoms. The highest BCUT2D eigenvalue weighted by atomic mass is 79.9. The van der Waals surface area contributed by atoms with Gasteiger partial charge in [0.2, 0.25) is 0 Å². The van der Waals surface area contributed by atoms with Crippen LogP contribution in [-0.4, -0.2) is 24.5 Å². The van der Waals surface area contributed by atoms with E-state index in [2.05, 4.69) is 31.5 Å². The van der Waals surface area contributed by atoms with Gasteiger partial charge in [-0.25, -0.2) is 0 Å². The Bertz CT molecular complexity index is 647. The highest BCUT2D eigenvalue weighted by molar-refractivity contribution is 9.10. The number of hydrogen-bond acceptors (Lipinski definition) is 4. The summed E-state index contributed by atoms with van der Waals surface area (Å²) in [6.45, 7) is 2.78. The van der Waals surface area contributed by atoms with Gasteiger partial charge in [-0.2, -0.15) is 0 Å². The van der Waals surface area contributed by atoms with Gasteiger partial charge in [0.25, 0.3) is 5.91 Å². The van der Waals surface area contributed by atoms with Gasteiger partial charge in [-0.15, -0.1) is 0 Å². The number of nitrogens with one attached hydrogen (secondary N) is 2. The molecular weight excluding hydrogens is 334 g/mol.